The zero-order valence-corrected chi connectivity index (χ0v) is 67.6. The van der Waals surface area contributed by atoms with Crippen LogP contribution in [-0.4, -0.2) is 96.7 Å². The molecule has 5 unspecified atom stereocenters. The Morgan fingerprint density at radius 2 is 0.480 bits per heavy atom. The van der Waals surface area contributed by atoms with E-state index in [0.29, 0.717) is 25.7 Å². The maximum atomic E-state index is 13.1. The number of esters is 4. The van der Waals surface area contributed by atoms with Crippen molar-refractivity contribution >= 4 is 39.5 Å². The number of aliphatic hydroxyl groups is 1. The number of hydrogen-bond donors (Lipinski definition) is 3. The van der Waals surface area contributed by atoms with E-state index in [4.69, 9.17) is 37.0 Å². The van der Waals surface area contributed by atoms with Crippen LogP contribution in [0.3, 0.4) is 0 Å². The predicted molar refractivity (Wildman–Crippen MR) is 409 cm³/mol. The summed E-state index contributed by atoms with van der Waals surface area (Å²) < 4.78 is 68.7. The summed E-state index contributed by atoms with van der Waals surface area (Å²) in [6.45, 7) is 14.3. The van der Waals surface area contributed by atoms with E-state index in [9.17, 15) is 43.2 Å². The van der Waals surface area contributed by atoms with Gasteiger partial charge < -0.3 is 33.8 Å². The minimum Gasteiger partial charge on any atom is -0.462 e. The minimum absolute atomic E-state index is 0.104. The molecule has 0 rings (SSSR count). The Bertz CT molecular complexity index is 1960. The van der Waals surface area contributed by atoms with Crippen LogP contribution in [0, 0.1) is 23.7 Å². The molecule has 0 aliphatic heterocycles. The second-order valence-electron chi connectivity index (χ2n) is 30.6. The zero-order valence-electron chi connectivity index (χ0n) is 65.8. The van der Waals surface area contributed by atoms with E-state index < -0.39 is 97.5 Å². The topological polar surface area (TPSA) is 237 Å². The summed E-state index contributed by atoms with van der Waals surface area (Å²) in [5.74, 6) is 1.04. The van der Waals surface area contributed by atoms with Gasteiger partial charge in [0.1, 0.15) is 19.3 Å². The molecule has 3 N–H and O–H groups in total. The summed E-state index contributed by atoms with van der Waals surface area (Å²) in [4.78, 5) is 73.0. The van der Waals surface area contributed by atoms with Crippen molar-refractivity contribution in [3.05, 3.63) is 0 Å². The van der Waals surface area contributed by atoms with Crippen LogP contribution in [0.25, 0.3) is 0 Å². The van der Waals surface area contributed by atoms with E-state index in [2.05, 4.69) is 55.4 Å². The fourth-order valence-corrected chi connectivity index (χ4v) is 13.9. The van der Waals surface area contributed by atoms with Crippen LogP contribution in [0.1, 0.15) is 415 Å². The molecular weight excluding hydrogens is 1310 g/mol. The van der Waals surface area contributed by atoms with Crippen LogP contribution in [0.4, 0.5) is 0 Å². The van der Waals surface area contributed by atoms with E-state index in [1.54, 1.807) is 0 Å². The number of hydrogen-bond acceptors (Lipinski definition) is 15. The predicted octanol–water partition coefficient (Wildman–Crippen LogP) is 24.0. The molecule has 0 aliphatic carbocycles. The van der Waals surface area contributed by atoms with Crippen molar-refractivity contribution in [2.24, 2.45) is 23.7 Å². The van der Waals surface area contributed by atoms with Gasteiger partial charge in [0.25, 0.3) is 0 Å². The van der Waals surface area contributed by atoms with Gasteiger partial charge in [-0.05, 0) is 49.4 Å². The van der Waals surface area contributed by atoms with Gasteiger partial charge in [0.05, 0.1) is 26.4 Å². The standard InChI is InChI=1S/C81H158O17P2/c1-9-73(7)59-51-43-35-26-22-18-15-16-20-24-28-39-47-55-63-80(85)97-76(67-91-78(83)61-53-45-37-27-23-19-14-12-11-13-17-21-25-33-41-49-57-71(3)4)69-95-99(87,88)93-65-75(82)66-94-100(89,90)96-70-77(68-92-79(84)62-54-46-38-31-29-34-42-50-58-72(5)6)98-81(86)64-56-48-40-32-30-36-44-52-60-74(8)10-2/h71-77,82H,9-70H2,1-8H3,(H,87,88)(H,89,90)/t73?,74?,75?,76-,77-/m1/s1. The van der Waals surface area contributed by atoms with Crippen LogP contribution in [0.2, 0.25) is 0 Å². The number of phosphoric ester groups is 2. The van der Waals surface area contributed by atoms with E-state index in [-0.39, 0.29) is 25.7 Å². The Morgan fingerprint density at radius 1 is 0.280 bits per heavy atom. The van der Waals surface area contributed by atoms with Gasteiger partial charge >= 0.3 is 39.5 Å². The lowest BCUT2D eigenvalue weighted by molar-refractivity contribution is -0.161. The van der Waals surface area contributed by atoms with Gasteiger partial charge in [-0.1, -0.05) is 364 Å². The lowest BCUT2D eigenvalue weighted by atomic mass is 9.99. The van der Waals surface area contributed by atoms with Gasteiger partial charge in [0.2, 0.25) is 0 Å². The number of aliphatic hydroxyl groups excluding tert-OH is 1. The molecule has 0 aromatic carbocycles. The van der Waals surface area contributed by atoms with Gasteiger partial charge in [-0.15, -0.1) is 0 Å². The molecule has 0 heterocycles. The third-order valence-corrected chi connectivity index (χ3v) is 21.4. The summed E-state index contributed by atoms with van der Waals surface area (Å²) in [6.07, 6.45) is 56.8. The van der Waals surface area contributed by atoms with E-state index in [1.807, 2.05) is 0 Å². The van der Waals surface area contributed by atoms with E-state index >= 15 is 0 Å². The molecule has 0 aromatic rings. The summed E-state index contributed by atoms with van der Waals surface area (Å²) in [7, 11) is -9.92. The van der Waals surface area contributed by atoms with Crippen LogP contribution in [-0.2, 0) is 65.4 Å². The third kappa shape index (κ3) is 71.7. The summed E-state index contributed by atoms with van der Waals surface area (Å²) in [5.41, 5.74) is 0. The average Bonchev–Trinajstić information content (AvgIpc) is 0.953. The second-order valence-corrected chi connectivity index (χ2v) is 33.5. The average molecular weight is 1470 g/mol. The van der Waals surface area contributed by atoms with Crippen LogP contribution in [0.5, 0.6) is 0 Å². The summed E-state index contributed by atoms with van der Waals surface area (Å²) in [5, 5.41) is 10.6. The molecule has 7 atom stereocenters. The highest BCUT2D eigenvalue weighted by Crippen LogP contribution is 2.45. The fourth-order valence-electron chi connectivity index (χ4n) is 12.4. The normalized spacial score (nSPS) is 14.6. The molecule has 100 heavy (non-hydrogen) atoms. The molecule has 0 aromatic heterocycles. The SMILES string of the molecule is CCC(C)CCCCCCCCCCCCCCCCC(=O)O[C@H](COC(=O)CCCCCCCCCCCCCCCCCCC(C)C)COP(=O)(O)OCC(O)COP(=O)(O)OC[C@@H](COC(=O)CCCCCCCCCCC(C)C)OC(=O)CCCCCCCCCCC(C)CC. The maximum Gasteiger partial charge on any atom is 0.472 e. The van der Waals surface area contributed by atoms with Gasteiger partial charge in [-0.2, -0.15) is 0 Å². The van der Waals surface area contributed by atoms with Crippen molar-refractivity contribution in [2.45, 2.75) is 433 Å². The molecule has 0 spiro atoms. The van der Waals surface area contributed by atoms with Crippen molar-refractivity contribution in [1.29, 1.82) is 0 Å². The van der Waals surface area contributed by atoms with Crippen molar-refractivity contribution < 1.29 is 80.2 Å². The molecule has 19 heteroatoms. The monoisotopic (exact) mass is 1470 g/mol. The highest BCUT2D eigenvalue weighted by Gasteiger charge is 2.30. The first-order valence-electron chi connectivity index (χ1n) is 41.8. The first-order chi connectivity index (χ1) is 48.2. The number of phosphoric acid groups is 2. The summed E-state index contributed by atoms with van der Waals surface area (Å²) in [6, 6.07) is 0. The van der Waals surface area contributed by atoms with Gasteiger partial charge in [-0.3, -0.25) is 37.3 Å². The van der Waals surface area contributed by atoms with Crippen molar-refractivity contribution in [2.75, 3.05) is 39.6 Å². The molecule has 0 bridgehead atoms. The van der Waals surface area contributed by atoms with Crippen molar-refractivity contribution in [3.63, 3.8) is 0 Å². The number of ether oxygens (including phenoxy) is 4. The molecule has 0 saturated heterocycles. The van der Waals surface area contributed by atoms with Crippen LogP contribution in [0.15, 0.2) is 0 Å². The van der Waals surface area contributed by atoms with Gasteiger partial charge in [-0.25, -0.2) is 9.13 Å². The Labute approximate surface area is 613 Å². The summed E-state index contributed by atoms with van der Waals surface area (Å²) >= 11 is 0. The van der Waals surface area contributed by atoms with Crippen LogP contribution < -0.4 is 0 Å². The number of carbonyl (C=O) groups is 4. The quantitative estimate of drug-likeness (QED) is 0.0222. The fraction of sp³-hybridized carbons (Fsp3) is 0.951. The van der Waals surface area contributed by atoms with E-state index in [1.165, 1.54) is 218 Å². The molecule has 0 saturated carbocycles. The van der Waals surface area contributed by atoms with Crippen LogP contribution >= 0.6 is 15.6 Å². The number of carbonyl (C=O) groups excluding carboxylic acids is 4. The third-order valence-electron chi connectivity index (χ3n) is 19.5. The lowest BCUT2D eigenvalue weighted by Crippen LogP contribution is -2.30. The lowest BCUT2D eigenvalue weighted by Gasteiger charge is -2.21. The molecule has 0 fully saturated rings. The molecular formula is C81H158O17P2. The van der Waals surface area contributed by atoms with Gasteiger partial charge in [0, 0.05) is 25.7 Å². The minimum atomic E-state index is -4.96. The molecule has 0 aliphatic rings. The Hall–Kier alpha value is -1.94. The highest BCUT2D eigenvalue weighted by atomic mass is 31.2. The number of rotatable bonds is 78. The molecule has 0 amide bonds. The van der Waals surface area contributed by atoms with Gasteiger partial charge in [0.15, 0.2) is 12.2 Å². The van der Waals surface area contributed by atoms with E-state index in [0.717, 1.165) is 114 Å². The number of unbranched alkanes of at least 4 members (excludes halogenated alkanes) is 42. The Morgan fingerprint density at radius 3 is 0.710 bits per heavy atom. The van der Waals surface area contributed by atoms with Crippen molar-refractivity contribution in [1.82, 2.24) is 0 Å². The second kappa shape index (κ2) is 70.1. The first kappa shape index (κ1) is 98.1. The Kier molecular flexibility index (Phi) is 68.7. The molecule has 17 nitrogen and oxygen atoms in total. The van der Waals surface area contributed by atoms with Crippen molar-refractivity contribution in [3.8, 4) is 0 Å². The molecule has 594 valence electrons. The largest absolute Gasteiger partial charge is 0.472 e. The smallest absolute Gasteiger partial charge is 0.462 e. The zero-order chi connectivity index (χ0) is 73.8. The maximum absolute atomic E-state index is 13.1. The first-order valence-corrected chi connectivity index (χ1v) is 44.8. The molecule has 0 radical (unpaired) electrons. The highest BCUT2D eigenvalue weighted by molar-refractivity contribution is 7.47. The Balaban J connectivity index is 5.25.